The minimum atomic E-state index is 0.348. The number of nitrogens with zero attached hydrogens (tertiary/aromatic N) is 1. The van der Waals surface area contributed by atoms with Gasteiger partial charge in [-0.05, 0) is 0 Å². The first-order valence-electron chi connectivity index (χ1n) is 17.4. The van der Waals surface area contributed by atoms with Crippen molar-refractivity contribution in [3.05, 3.63) is 0 Å². The standard InChI is InChI=1S/C9H23B24I20N3O3/c1-57-7-4-54-30(18(40)14(34)10-12-16(36)37)26(48)22(44)20(42)24(46)28(50)32(52)56(6-9-59-3)33(53)29(51)25(47)21(43)23(45)27(49)31(55-5-8-58-2)19(41)15(35)11-13-17(38)39/h54-55H,4-9H2,1-3H3. The quantitative estimate of drug-likeness (QED) is 0.0384. The van der Waals surface area contributed by atoms with Crippen molar-refractivity contribution in [2.24, 2.45) is 0 Å². The van der Waals surface area contributed by atoms with Crippen molar-refractivity contribution in [2.75, 3.05) is 60.8 Å². The van der Waals surface area contributed by atoms with Gasteiger partial charge in [0.2, 0.25) is 4.63 Å². The lowest BCUT2D eigenvalue weighted by Gasteiger charge is -2.36. The fraction of sp³-hybridized carbons (Fsp3) is 1.00. The van der Waals surface area contributed by atoms with Crippen LogP contribution in [0.3, 0.4) is 0 Å². The molecule has 0 amide bonds. The van der Waals surface area contributed by atoms with Crippen molar-refractivity contribution in [2.45, 2.75) is 0 Å². The molecule has 4 radical (unpaired) electrons. The smallest absolute Gasteiger partial charge is 0.256 e. The molecule has 304 valence electrons. The molecule has 0 aromatic rings. The zero-order valence-electron chi connectivity index (χ0n) is 31.3. The zero-order valence-corrected chi connectivity index (χ0v) is 74.5. The predicted octanol–water partition coefficient (Wildman–Crippen LogP) is 7.81. The minimum Gasteiger partial charge on any atom is -0.383 e. The van der Waals surface area contributed by atoms with Crippen LogP contribution in [0.15, 0.2) is 0 Å². The van der Waals surface area contributed by atoms with Crippen LogP contribution in [-0.4, -0.2) is 182 Å². The summed E-state index contributed by atoms with van der Waals surface area (Å²) in [5, 5.41) is 7.84. The minimum absolute atomic E-state index is 0.348. The van der Waals surface area contributed by atoms with Crippen LogP contribution < -0.4 is 10.5 Å². The van der Waals surface area contributed by atoms with E-state index in [2.05, 4.69) is 491 Å². The van der Waals surface area contributed by atoms with Gasteiger partial charge in [0, 0.05) is 55.1 Å². The molecule has 0 fully saturated rings. The van der Waals surface area contributed by atoms with Crippen LogP contribution in [0.25, 0.3) is 0 Å². The van der Waals surface area contributed by atoms with Crippen LogP contribution in [0.1, 0.15) is 0 Å². The van der Waals surface area contributed by atoms with Crippen molar-refractivity contribution in [1.29, 1.82) is 0 Å². The number of halogens is 20. The Morgan fingerprint density at radius 3 is 0.949 bits per heavy atom. The summed E-state index contributed by atoms with van der Waals surface area (Å²) in [6.07, 6.45) is 0. The van der Waals surface area contributed by atoms with E-state index in [-0.39, 0.29) is 0 Å². The molecule has 50 heteroatoms. The summed E-state index contributed by atoms with van der Waals surface area (Å²) in [6.45, 7) is 5.50. The van der Waals surface area contributed by atoms with Crippen LogP contribution >= 0.6 is 447 Å². The molecule has 0 atom stereocenters. The molecular weight excluding hydrogens is 3000 g/mol. The van der Waals surface area contributed by atoms with E-state index < -0.39 is 0 Å². The number of rotatable bonds is 35. The van der Waals surface area contributed by atoms with E-state index in [1.54, 1.807) is 14.2 Å². The van der Waals surface area contributed by atoms with Crippen LogP contribution in [0.4, 0.5) is 0 Å². The lowest BCUT2D eigenvalue weighted by Crippen LogP contribution is -2.69. The van der Waals surface area contributed by atoms with E-state index in [0.717, 1.165) is 39.5 Å². The van der Waals surface area contributed by atoms with Gasteiger partial charge in [-0.25, -0.2) is 0 Å². The van der Waals surface area contributed by atoms with Crippen molar-refractivity contribution < 1.29 is 14.2 Å². The fourth-order valence-corrected chi connectivity index (χ4v) is 29.3. The Morgan fingerprint density at radius 2 is 0.661 bits per heavy atom. The zero-order chi connectivity index (χ0) is 45.7. The van der Waals surface area contributed by atoms with Gasteiger partial charge in [0.25, 0.3) is 9.19 Å². The van der Waals surface area contributed by atoms with Gasteiger partial charge < -0.3 is 29.4 Å². The highest BCUT2D eigenvalue weighted by molar-refractivity contribution is 14.3. The second-order valence-electron chi connectivity index (χ2n) is 12.6. The van der Waals surface area contributed by atoms with Gasteiger partial charge in [-0.2, -0.15) is 313 Å². The van der Waals surface area contributed by atoms with Crippen LogP contribution in [-0.2, 0) is 14.2 Å². The van der Waals surface area contributed by atoms with Gasteiger partial charge in [0.05, 0.1) is 33.9 Å². The summed E-state index contributed by atoms with van der Waals surface area (Å²) in [5.74, 6) is 0. The maximum atomic E-state index is 5.75. The molecule has 0 rings (SSSR count). The number of methoxy groups -OCH3 is 3. The molecule has 0 aliphatic rings. The molecule has 0 aromatic heterocycles. The highest BCUT2D eigenvalue weighted by Gasteiger charge is 2.55. The molecule has 0 spiro atoms. The lowest BCUT2D eigenvalue weighted by atomic mass is 8.83. The average molecular weight is 3020 g/mol. The summed E-state index contributed by atoms with van der Waals surface area (Å²) in [5.41, 5.74) is 0. The Hall–Kier alpha value is 15.9. The summed E-state index contributed by atoms with van der Waals surface area (Å²) < 4.78 is 27.5. The molecule has 0 bridgehead atoms. The van der Waals surface area contributed by atoms with E-state index in [1.807, 2.05) is 7.11 Å². The van der Waals surface area contributed by atoms with Gasteiger partial charge in [-0.15, -0.1) is 134 Å². The summed E-state index contributed by atoms with van der Waals surface area (Å²) in [4.78, 5) is 0. The molecule has 0 aliphatic carbocycles. The second kappa shape index (κ2) is 44.6. The Bertz CT molecular complexity index is 1020. The molecular formula is C9H23B24I20N3O3. The lowest BCUT2D eigenvalue weighted by molar-refractivity contribution is 0.194. The first kappa shape index (κ1) is 74.9. The van der Waals surface area contributed by atoms with Gasteiger partial charge in [0.1, 0.15) is 8.70 Å². The Kier molecular flexibility index (Phi) is 56.6. The van der Waals surface area contributed by atoms with E-state index in [0.29, 0.717) is 88.0 Å². The normalized spacial score (nSPS) is 10.5. The predicted molar refractivity (Wildman–Crippen MR) is 477 cm³/mol. The van der Waals surface area contributed by atoms with Crippen LogP contribution in [0.5, 0.6) is 0 Å². The summed E-state index contributed by atoms with van der Waals surface area (Å²) >= 11 is 53.8. The number of hydrogen-bond donors (Lipinski definition) is 2. The van der Waals surface area contributed by atoms with E-state index >= 15 is 0 Å². The number of nitrogens with one attached hydrogen (secondary N) is 2. The SMILES string of the molecule is COCCNB(B(I)B(I)[B][B]B(I)I)B(I)B(I)B(I)B(I)B(I)B(I)N(CCOC)B(I)B(I)B(I)B(I)B(I)B(I)B(NCCOC)B(I)B(I)[B][B]B(I)I. The molecule has 6 nitrogen and oxygen atoms in total. The largest absolute Gasteiger partial charge is 0.383 e. The number of hydrogen-bond acceptors (Lipinski definition) is 6. The van der Waals surface area contributed by atoms with Crippen molar-refractivity contribution in [1.82, 2.24) is 15.2 Å². The maximum absolute atomic E-state index is 5.75. The first-order chi connectivity index (χ1) is 27.5. The van der Waals surface area contributed by atoms with E-state index in [1.165, 1.54) is 0 Å². The van der Waals surface area contributed by atoms with Crippen molar-refractivity contribution in [3.63, 3.8) is 0 Å². The second-order valence-corrected chi connectivity index (χ2v) is 45.4. The first-order valence-corrected chi connectivity index (χ1v) is 42.3. The summed E-state index contributed by atoms with van der Waals surface area (Å²) in [6, 6.07) is 0. The van der Waals surface area contributed by atoms with E-state index in [9.17, 15) is 0 Å². The topological polar surface area (TPSA) is 55.0 Å². The Labute approximate surface area is 636 Å². The third-order valence-corrected chi connectivity index (χ3v) is 50.3. The van der Waals surface area contributed by atoms with Crippen LogP contribution in [0, 0.1) is 0 Å². The van der Waals surface area contributed by atoms with E-state index in [4.69, 9.17) is 14.2 Å². The molecule has 2 N–H and O–H groups in total. The highest BCUT2D eigenvalue weighted by Crippen LogP contribution is 2.32. The van der Waals surface area contributed by atoms with Crippen LogP contribution in [0.2, 0.25) is 0 Å². The highest BCUT2D eigenvalue weighted by atomic mass is 127. The molecule has 0 saturated carbocycles. The molecule has 0 aromatic carbocycles. The van der Waals surface area contributed by atoms with Crippen molar-refractivity contribution in [3.8, 4) is 0 Å². The molecule has 59 heavy (non-hydrogen) atoms. The maximum Gasteiger partial charge on any atom is 0.256 e. The van der Waals surface area contributed by atoms with Gasteiger partial charge in [-0.3, -0.25) is 0 Å². The third kappa shape index (κ3) is 30.5. The summed E-state index contributed by atoms with van der Waals surface area (Å²) in [7, 11) is 14.9. The monoisotopic (exact) mass is 3020 g/mol. The van der Waals surface area contributed by atoms with Gasteiger partial charge >= 0.3 is 0 Å². The number of ether oxygens (including phenoxy) is 3. The third-order valence-electron chi connectivity index (χ3n) is 8.38. The average Bonchev–Trinajstić information content (AvgIpc) is 3.21. The molecule has 0 aliphatic heterocycles. The van der Waals surface area contributed by atoms with Crippen molar-refractivity contribution >= 4 is 564 Å². The Morgan fingerprint density at radius 1 is 0.373 bits per heavy atom. The molecule has 0 unspecified atom stereocenters. The fourth-order valence-electron chi connectivity index (χ4n) is 5.14. The van der Waals surface area contributed by atoms with Gasteiger partial charge in [0.15, 0.2) is 65.5 Å². The van der Waals surface area contributed by atoms with Gasteiger partial charge in [-0.1, -0.05) is 0 Å². The molecule has 0 saturated heterocycles. The Balaban J connectivity index is 6.19. The molecule has 0 heterocycles.